The Morgan fingerprint density at radius 3 is 2.71 bits per heavy atom. The van der Waals surface area contributed by atoms with Gasteiger partial charge in [0.25, 0.3) is 0 Å². The van der Waals surface area contributed by atoms with Gasteiger partial charge in [-0.25, -0.2) is 0 Å². The fourth-order valence-electron chi connectivity index (χ4n) is 2.75. The first-order valence-corrected chi connectivity index (χ1v) is 8.12. The van der Waals surface area contributed by atoms with Gasteiger partial charge in [0, 0.05) is 18.0 Å². The molecule has 0 atom stereocenters. The molecule has 1 saturated carbocycles. The lowest BCUT2D eigenvalue weighted by molar-refractivity contribution is -0.121. The molecule has 1 aliphatic carbocycles. The molecule has 1 aromatic carbocycles. The Morgan fingerprint density at radius 1 is 1.33 bits per heavy atom. The van der Waals surface area contributed by atoms with Crippen LogP contribution in [0.3, 0.4) is 0 Å². The van der Waals surface area contributed by atoms with Gasteiger partial charge in [0.2, 0.25) is 5.91 Å². The molecule has 0 aromatic heterocycles. The van der Waals surface area contributed by atoms with Crippen molar-refractivity contribution in [3.05, 3.63) is 34.3 Å². The van der Waals surface area contributed by atoms with E-state index in [1.54, 1.807) is 0 Å². The van der Waals surface area contributed by atoms with Crippen molar-refractivity contribution in [3.8, 4) is 0 Å². The van der Waals surface area contributed by atoms with Crippen molar-refractivity contribution in [2.24, 2.45) is 5.92 Å². The number of amides is 1. The normalized spacial score (nSPS) is 22.0. The van der Waals surface area contributed by atoms with E-state index < -0.39 is 0 Å². The lowest BCUT2D eigenvalue weighted by Gasteiger charge is -2.25. The molecule has 0 unspecified atom stereocenters. The topological polar surface area (TPSA) is 49.3 Å². The first-order valence-electron chi connectivity index (χ1n) is 7.74. The molecule has 0 heterocycles. The molecule has 4 heteroatoms. The van der Waals surface area contributed by atoms with E-state index in [1.807, 2.05) is 25.1 Å². The Bertz CT molecular complexity index is 482. The summed E-state index contributed by atoms with van der Waals surface area (Å²) in [5, 5.41) is 13.2. The fraction of sp³-hybridized carbons (Fsp3) is 0.588. The summed E-state index contributed by atoms with van der Waals surface area (Å²) < 4.78 is 0. The molecule has 0 aliphatic heterocycles. The summed E-state index contributed by atoms with van der Waals surface area (Å²) in [5.41, 5.74) is 2.16. The van der Waals surface area contributed by atoms with Crippen molar-refractivity contribution in [2.45, 2.75) is 51.6 Å². The summed E-state index contributed by atoms with van der Waals surface area (Å²) in [6.07, 6.45) is 4.82. The third-order valence-corrected chi connectivity index (χ3v) is 4.69. The third-order valence-electron chi connectivity index (χ3n) is 4.28. The number of carbonyl (C=O) groups excluding carboxylic acids is 1. The van der Waals surface area contributed by atoms with Gasteiger partial charge in [-0.1, -0.05) is 23.7 Å². The summed E-state index contributed by atoms with van der Waals surface area (Å²) in [6.45, 7) is 2.71. The number of aryl methyl sites for hydroxylation is 2. The number of hydrogen-bond donors (Lipinski definition) is 2. The van der Waals surface area contributed by atoms with Crippen LogP contribution in [0.15, 0.2) is 18.2 Å². The van der Waals surface area contributed by atoms with Crippen LogP contribution in [-0.2, 0) is 11.2 Å². The number of aliphatic hydroxyl groups is 1. The Labute approximate surface area is 131 Å². The Hall–Kier alpha value is -1.06. The van der Waals surface area contributed by atoms with E-state index in [-0.39, 0.29) is 12.0 Å². The predicted molar refractivity (Wildman–Crippen MR) is 85.5 cm³/mol. The molecule has 0 saturated heterocycles. The number of halogens is 1. The molecular weight excluding hydrogens is 286 g/mol. The van der Waals surface area contributed by atoms with Crippen LogP contribution in [0.25, 0.3) is 0 Å². The monoisotopic (exact) mass is 309 g/mol. The summed E-state index contributed by atoms with van der Waals surface area (Å²) in [4.78, 5) is 11.9. The summed E-state index contributed by atoms with van der Waals surface area (Å²) >= 11 is 6.08. The van der Waals surface area contributed by atoms with Crippen LogP contribution >= 0.6 is 11.6 Å². The minimum atomic E-state index is -0.136. The minimum Gasteiger partial charge on any atom is -0.393 e. The van der Waals surface area contributed by atoms with Gasteiger partial charge < -0.3 is 10.4 Å². The highest BCUT2D eigenvalue weighted by Gasteiger charge is 2.19. The van der Waals surface area contributed by atoms with Crippen LogP contribution in [0.4, 0.5) is 0 Å². The van der Waals surface area contributed by atoms with Crippen LogP contribution in [0.1, 0.15) is 43.2 Å². The maximum atomic E-state index is 11.9. The fourth-order valence-corrected chi connectivity index (χ4v) is 2.95. The molecule has 21 heavy (non-hydrogen) atoms. The van der Waals surface area contributed by atoms with E-state index in [0.717, 1.165) is 54.8 Å². The van der Waals surface area contributed by atoms with Crippen molar-refractivity contribution in [3.63, 3.8) is 0 Å². The Morgan fingerprint density at radius 2 is 2.05 bits per heavy atom. The predicted octanol–water partition coefficient (Wildman–Crippen LogP) is 3.25. The third kappa shape index (κ3) is 5.33. The quantitative estimate of drug-likeness (QED) is 0.877. The van der Waals surface area contributed by atoms with Crippen LogP contribution in [0.5, 0.6) is 0 Å². The molecule has 3 nitrogen and oxygen atoms in total. The van der Waals surface area contributed by atoms with Gasteiger partial charge in [-0.3, -0.25) is 4.79 Å². The summed E-state index contributed by atoms with van der Waals surface area (Å²) in [5.74, 6) is 0.615. The first-order chi connectivity index (χ1) is 10.0. The molecular formula is C17H24ClNO2. The highest BCUT2D eigenvalue weighted by molar-refractivity contribution is 6.31. The van der Waals surface area contributed by atoms with E-state index in [0.29, 0.717) is 12.3 Å². The van der Waals surface area contributed by atoms with Crippen LogP contribution in [0.2, 0.25) is 5.02 Å². The average molecular weight is 310 g/mol. The molecule has 116 valence electrons. The minimum absolute atomic E-state index is 0.0952. The van der Waals surface area contributed by atoms with E-state index in [9.17, 15) is 9.90 Å². The van der Waals surface area contributed by atoms with Gasteiger partial charge in [0.15, 0.2) is 0 Å². The van der Waals surface area contributed by atoms with E-state index in [4.69, 9.17) is 11.6 Å². The van der Waals surface area contributed by atoms with Gasteiger partial charge in [-0.15, -0.1) is 0 Å². The summed E-state index contributed by atoms with van der Waals surface area (Å²) in [7, 11) is 0. The average Bonchev–Trinajstić information content (AvgIpc) is 2.48. The number of benzene rings is 1. The zero-order chi connectivity index (χ0) is 15.2. The molecule has 0 bridgehead atoms. The molecule has 1 fully saturated rings. The second-order valence-corrected chi connectivity index (χ2v) is 6.47. The smallest absolute Gasteiger partial charge is 0.220 e. The Balaban J connectivity index is 1.68. The Kier molecular flexibility index (Phi) is 6.07. The zero-order valence-electron chi connectivity index (χ0n) is 12.6. The van der Waals surface area contributed by atoms with Crippen molar-refractivity contribution in [2.75, 3.05) is 6.54 Å². The molecule has 1 amide bonds. The van der Waals surface area contributed by atoms with Crippen LogP contribution in [-0.4, -0.2) is 23.7 Å². The standard InChI is InChI=1S/C17H24ClNO2/c1-12-2-3-13(10-16(12)18)6-9-17(21)19-11-14-4-7-15(20)8-5-14/h2-3,10,14-15,20H,4-9,11H2,1H3,(H,19,21). The van der Waals surface area contributed by atoms with Crippen molar-refractivity contribution in [1.29, 1.82) is 0 Å². The number of hydrogen-bond acceptors (Lipinski definition) is 2. The van der Waals surface area contributed by atoms with E-state index in [2.05, 4.69) is 5.32 Å². The van der Waals surface area contributed by atoms with E-state index in [1.165, 1.54) is 0 Å². The van der Waals surface area contributed by atoms with Gasteiger partial charge in [-0.2, -0.15) is 0 Å². The van der Waals surface area contributed by atoms with Gasteiger partial charge >= 0.3 is 0 Å². The molecule has 0 radical (unpaired) electrons. The number of carbonyl (C=O) groups is 1. The SMILES string of the molecule is Cc1ccc(CCC(=O)NCC2CCC(O)CC2)cc1Cl. The molecule has 1 aliphatic rings. The first kappa shape index (κ1) is 16.3. The number of rotatable bonds is 5. The van der Waals surface area contributed by atoms with Crippen LogP contribution in [0, 0.1) is 12.8 Å². The van der Waals surface area contributed by atoms with Crippen molar-refractivity contribution in [1.82, 2.24) is 5.32 Å². The zero-order valence-corrected chi connectivity index (χ0v) is 13.3. The highest BCUT2D eigenvalue weighted by atomic mass is 35.5. The van der Waals surface area contributed by atoms with Gasteiger partial charge in [-0.05, 0) is 62.1 Å². The van der Waals surface area contributed by atoms with Crippen molar-refractivity contribution >= 4 is 17.5 Å². The molecule has 1 aromatic rings. The second kappa shape index (κ2) is 7.81. The van der Waals surface area contributed by atoms with Gasteiger partial charge in [0.1, 0.15) is 0 Å². The largest absolute Gasteiger partial charge is 0.393 e. The lowest BCUT2D eigenvalue weighted by atomic mass is 9.87. The number of nitrogens with one attached hydrogen (secondary N) is 1. The molecule has 2 N–H and O–H groups in total. The highest BCUT2D eigenvalue weighted by Crippen LogP contribution is 2.23. The lowest BCUT2D eigenvalue weighted by Crippen LogP contribution is -2.32. The summed E-state index contributed by atoms with van der Waals surface area (Å²) in [6, 6.07) is 5.95. The molecule has 2 rings (SSSR count). The van der Waals surface area contributed by atoms with Crippen LogP contribution < -0.4 is 5.32 Å². The van der Waals surface area contributed by atoms with E-state index >= 15 is 0 Å². The second-order valence-electron chi connectivity index (χ2n) is 6.06. The molecule has 0 spiro atoms. The van der Waals surface area contributed by atoms with Gasteiger partial charge in [0.05, 0.1) is 6.10 Å². The maximum Gasteiger partial charge on any atom is 0.220 e. The number of aliphatic hydroxyl groups excluding tert-OH is 1. The van der Waals surface area contributed by atoms with Crippen molar-refractivity contribution < 1.29 is 9.90 Å². The maximum absolute atomic E-state index is 11.9.